The number of hydrogen-bond acceptors (Lipinski definition) is 1. The Balaban J connectivity index is 2.34. The van der Waals surface area contributed by atoms with Crippen molar-refractivity contribution in [2.45, 2.75) is 0 Å². The molecule has 0 fully saturated rings. The van der Waals surface area contributed by atoms with Gasteiger partial charge in [-0.2, -0.15) is 0 Å². The summed E-state index contributed by atoms with van der Waals surface area (Å²) >= 11 is 0. The average Bonchev–Trinajstić information content (AvgIpc) is 2.93. The molecule has 1 N–H and O–H groups in total. The van der Waals surface area contributed by atoms with E-state index in [1.807, 2.05) is 0 Å². The zero-order valence-corrected chi connectivity index (χ0v) is 10.7. The van der Waals surface area contributed by atoms with Gasteiger partial charge in [-0.25, -0.2) is 22.0 Å². The maximum absolute atomic E-state index is 13.8. The van der Waals surface area contributed by atoms with Gasteiger partial charge in [0, 0.05) is 22.7 Å². The summed E-state index contributed by atoms with van der Waals surface area (Å²) in [6, 6.07) is 3.77. The van der Waals surface area contributed by atoms with E-state index in [1.165, 1.54) is 24.4 Å². The van der Waals surface area contributed by atoms with Gasteiger partial charge in [0.25, 0.3) is 0 Å². The third kappa shape index (κ3) is 1.89. The molecule has 0 aliphatic carbocycles. The Morgan fingerprint density at radius 1 is 0.864 bits per heavy atom. The van der Waals surface area contributed by atoms with Crippen LogP contribution in [0.15, 0.2) is 24.4 Å². The van der Waals surface area contributed by atoms with Gasteiger partial charge in [-0.15, -0.1) is 0 Å². The van der Waals surface area contributed by atoms with Crippen molar-refractivity contribution in [1.29, 1.82) is 0 Å². The van der Waals surface area contributed by atoms with Crippen molar-refractivity contribution in [3.63, 3.8) is 0 Å². The van der Waals surface area contributed by atoms with Crippen molar-refractivity contribution in [2.75, 3.05) is 0 Å². The first kappa shape index (κ1) is 14.2. The number of hydrogen-bond donors (Lipinski definition) is 1. The summed E-state index contributed by atoms with van der Waals surface area (Å²) < 4.78 is 67.2. The molecule has 3 rings (SSSR count). The van der Waals surface area contributed by atoms with Gasteiger partial charge in [0.1, 0.15) is 0 Å². The van der Waals surface area contributed by atoms with Crippen molar-refractivity contribution >= 4 is 17.2 Å². The lowest BCUT2D eigenvalue weighted by Gasteiger charge is -2.08. The molecule has 1 aromatic heterocycles. The number of benzene rings is 2. The first-order chi connectivity index (χ1) is 10.5. The molecule has 0 aliphatic heterocycles. The van der Waals surface area contributed by atoms with Crippen LogP contribution in [0.25, 0.3) is 22.0 Å². The molecular formula is C15H6F5NO. The number of carbonyl (C=O) groups is 1. The number of aldehydes is 1. The number of nitrogens with one attached hydrogen (secondary N) is 1. The highest BCUT2D eigenvalue weighted by Gasteiger charge is 2.26. The first-order valence-corrected chi connectivity index (χ1v) is 6.03. The molecule has 112 valence electrons. The summed E-state index contributed by atoms with van der Waals surface area (Å²) in [6.07, 6.45) is 1.89. The van der Waals surface area contributed by atoms with Gasteiger partial charge in [-0.05, 0) is 17.7 Å². The van der Waals surface area contributed by atoms with Gasteiger partial charge in [0.2, 0.25) is 5.82 Å². The predicted octanol–water partition coefficient (Wildman–Crippen LogP) is 4.34. The van der Waals surface area contributed by atoms with Crippen LogP contribution in [0.3, 0.4) is 0 Å². The number of H-pyrrole nitrogens is 1. The Morgan fingerprint density at radius 2 is 1.45 bits per heavy atom. The number of aromatic nitrogens is 1. The third-order valence-electron chi connectivity index (χ3n) is 3.34. The van der Waals surface area contributed by atoms with Gasteiger partial charge >= 0.3 is 0 Å². The van der Waals surface area contributed by atoms with Crippen LogP contribution >= 0.6 is 0 Å². The topological polar surface area (TPSA) is 32.9 Å². The number of aromatic amines is 1. The number of halogens is 5. The van der Waals surface area contributed by atoms with Crippen LogP contribution < -0.4 is 0 Å². The maximum Gasteiger partial charge on any atom is 0.200 e. The molecule has 3 aromatic rings. The molecule has 0 amide bonds. The lowest BCUT2D eigenvalue weighted by Crippen LogP contribution is -2.04. The number of carbonyl (C=O) groups excluding carboxylic acids is 1. The Kier molecular flexibility index (Phi) is 3.20. The SMILES string of the molecule is O=Cc1c[nH]c2ccc(-c3c(F)c(F)c(F)c(F)c3F)cc12. The Bertz CT molecular complexity index is 887. The standard InChI is InChI=1S/C15H6F5NO/c16-11-10(12(17)14(19)15(20)13(11)18)6-1-2-9-8(3-6)7(5-22)4-21-9/h1-5,21H. The minimum absolute atomic E-state index is 0.209. The van der Waals surface area contributed by atoms with E-state index >= 15 is 0 Å². The lowest BCUT2D eigenvalue weighted by atomic mass is 10.0. The molecule has 2 nitrogen and oxygen atoms in total. The van der Waals surface area contributed by atoms with Gasteiger partial charge < -0.3 is 4.98 Å². The van der Waals surface area contributed by atoms with E-state index < -0.39 is 34.6 Å². The fourth-order valence-corrected chi connectivity index (χ4v) is 2.25. The second-order valence-corrected chi connectivity index (χ2v) is 4.57. The first-order valence-electron chi connectivity index (χ1n) is 6.03. The molecular weight excluding hydrogens is 305 g/mol. The summed E-state index contributed by atoms with van der Waals surface area (Å²) in [5.74, 6) is -10.1. The average molecular weight is 311 g/mol. The summed E-state index contributed by atoms with van der Waals surface area (Å²) in [5, 5.41) is 0.316. The van der Waals surface area contributed by atoms with Crippen LogP contribution in [0.4, 0.5) is 22.0 Å². The summed E-state index contributed by atoms with van der Waals surface area (Å²) in [4.78, 5) is 13.6. The van der Waals surface area contributed by atoms with Crippen molar-refractivity contribution < 1.29 is 26.7 Å². The van der Waals surface area contributed by atoms with Crippen molar-refractivity contribution in [1.82, 2.24) is 4.98 Å². The fraction of sp³-hybridized carbons (Fsp3) is 0. The van der Waals surface area contributed by atoms with Gasteiger partial charge in [-0.3, -0.25) is 4.79 Å². The van der Waals surface area contributed by atoms with Crippen LogP contribution in [-0.2, 0) is 0 Å². The van der Waals surface area contributed by atoms with E-state index in [4.69, 9.17) is 0 Å². The molecule has 0 spiro atoms. The second kappa shape index (κ2) is 4.94. The monoisotopic (exact) mass is 311 g/mol. The molecule has 0 saturated carbocycles. The fourth-order valence-electron chi connectivity index (χ4n) is 2.25. The molecule has 2 aromatic carbocycles. The van der Waals surface area contributed by atoms with E-state index in [-0.39, 0.29) is 11.1 Å². The minimum Gasteiger partial charge on any atom is -0.360 e. The van der Waals surface area contributed by atoms with Crippen LogP contribution in [0.1, 0.15) is 10.4 Å². The normalized spacial score (nSPS) is 11.1. The molecule has 0 aliphatic rings. The molecule has 7 heteroatoms. The lowest BCUT2D eigenvalue weighted by molar-refractivity contribution is 0.112. The van der Waals surface area contributed by atoms with Crippen molar-refractivity contribution in [3.8, 4) is 11.1 Å². The van der Waals surface area contributed by atoms with E-state index in [1.54, 1.807) is 0 Å². The Labute approximate surface area is 120 Å². The van der Waals surface area contributed by atoms with Crippen LogP contribution in [0.2, 0.25) is 0 Å². The van der Waals surface area contributed by atoms with Gasteiger partial charge in [-0.1, -0.05) is 6.07 Å². The molecule has 0 bridgehead atoms. The van der Waals surface area contributed by atoms with E-state index in [0.717, 1.165) is 0 Å². The Morgan fingerprint density at radius 3 is 2.05 bits per heavy atom. The second-order valence-electron chi connectivity index (χ2n) is 4.57. The summed E-state index contributed by atoms with van der Waals surface area (Å²) in [7, 11) is 0. The largest absolute Gasteiger partial charge is 0.360 e. The Hall–Kier alpha value is -2.70. The predicted molar refractivity (Wildman–Crippen MR) is 68.9 cm³/mol. The zero-order valence-electron chi connectivity index (χ0n) is 10.7. The van der Waals surface area contributed by atoms with E-state index in [2.05, 4.69) is 4.98 Å². The number of fused-ring (bicyclic) bond motifs is 1. The minimum atomic E-state index is -2.21. The molecule has 1 heterocycles. The highest BCUT2D eigenvalue weighted by molar-refractivity contribution is 5.99. The maximum atomic E-state index is 13.8. The molecule has 0 radical (unpaired) electrons. The highest BCUT2D eigenvalue weighted by atomic mass is 19.2. The van der Waals surface area contributed by atoms with Crippen molar-refractivity contribution in [2.24, 2.45) is 0 Å². The zero-order chi connectivity index (χ0) is 16.0. The van der Waals surface area contributed by atoms with E-state index in [9.17, 15) is 26.7 Å². The van der Waals surface area contributed by atoms with Crippen LogP contribution in [-0.4, -0.2) is 11.3 Å². The molecule has 22 heavy (non-hydrogen) atoms. The summed E-state index contributed by atoms with van der Waals surface area (Å²) in [6.45, 7) is 0. The quantitative estimate of drug-likeness (QED) is 0.325. The van der Waals surface area contributed by atoms with Gasteiger partial charge in [0.15, 0.2) is 29.6 Å². The molecule has 0 unspecified atom stereocenters. The van der Waals surface area contributed by atoms with Crippen LogP contribution in [0, 0.1) is 29.1 Å². The molecule has 0 atom stereocenters. The highest BCUT2D eigenvalue weighted by Crippen LogP contribution is 2.33. The van der Waals surface area contributed by atoms with Crippen LogP contribution in [0.5, 0.6) is 0 Å². The summed E-state index contributed by atoms with van der Waals surface area (Å²) in [5.41, 5.74) is -0.546. The van der Waals surface area contributed by atoms with E-state index in [0.29, 0.717) is 17.2 Å². The van der Waals surface area contributed by atoms with Gasteiger partial charge in [0.05, 0.1) is 5.56 Å². The smallest absolute Gasteiger partial charge is 0.200 e. The third-order valence-corrected chi connectivity index (χ3v) is 3.34. The number of rotatable bonds is 2. The van der Waals surface area contributed by atoms with Crippen molar-refractivity contribution in [3.05, 3.63) is 59.0 Å². The molecule has 0 saturated heterocycles.